The van der Waals surface area contributed by atoms with Crippen molar-refractivity contribution in [1.82, 2.24) is 4.98 Å². The van der Waals surface area contributed by atoms with Gasteiger partial charge in [-0.05, 0) is 24.5 Å². The number of rotatable bonds is 5. The lowest BCUT2D eigenvalue weighted by molar-refractivity contribution is 0.466. The molecule has 0 spiro atoms. The summed E-state index contributed by atoms with van der Waals surface area (Å²) >= 11 is 3.60. The van der Waals surface area contributed by atoms with Crippen LogP contribution in [0.3, 0.4) is 0 Å². The molecule has 1 aromatic carbocycles. The Morgan fingerprint density at radius 3 is 2.70 bits per heavy atom. The summed E-state index contributed by atoms with van der Waals surface area (Å²) in [5, 5.41) is 2.36. The number of pyridine rings is 1. The second-order valence-corrected chi connectivity index (χ2v) is 6.44. The summed E-state index contributed by atoms with van der Waals surface area (Å²) in [4.78, 5) is 6.73. The predicted molar refractivity (Wildman–Crippen MR) is 90.1 cm³/mol. The van der Waals surface area contributed by atoms with Crippen molar-refractivity contribution in [3.8, 4) is 0 Å². The van der Waals surface area contributed by atoms with Gasteiger partial charge in [0.2, 0.25) is 0 Å². The minimum atomic E-state index is 0.235. The van der Waals surface area contributed by atoms with Crippen LogP contribution in [0.2, 0.25) is 0 Å². The molecule has 0 amide bonds. The molecule has 20 heavy (non-hydrogen) atoms. The van der Waals surface area contributed by atoms with E-state index in [1.165, 1.54) is 10.8 Å². The standard InChI is InChI=1S/C16H22BrN3/c1-11(2)15(18)8-10-20(3)16-13-5-4-6-14(17)12(13)7-9-19-16/h4-7,9,11,15H,8,10,18H2,1-3H3. The zero-order valence-corrected chi connectivity index (χ0v) is 13.9. The first-order chi connectivity index (χ1) is 9.50. The van der Waals surface area contributed by atoms with Crippen LogP contribution in [-0.4, -0.2) is 24.6 Å². The smallest absolute Gasteiger partial charge is 0.136 e. The highest BCUT2D eigenvalue weighted by Crippen LogP contribution is 2.29. The number of hydrogen-bond donors (Lipinski definition) is 1. The van der Waals surface area contributed by atoms with E-state index >= 15 is 0 Å². The Morgan fingerprint density at radius 2 is 2.00 bits per heavy atom. The van der Waals surface area contributed by atoms with Gasteiger partial charge in [0.1, 0.15) is 5.82 Å². The molecule has 0 fully saturated rings. The van der Waals surface area contributed by atoms with Crippen LogP contribution in [-0.2, 0) is 0 Å². The largest absolute Gasteiger partial charge is 0.359 e. The fourth-order valence-electron chi connectivity index (χ4n) is 2.24. The highest BCUT2D eigenvalue weighted by molar-refractivity contribution is 9.10. The minimum Gasteiger partial charge on any atom is -0.359 e. The molecule has 0 aliphatic carbocycles. The van der Waals surface area contributed by atoms with Crippen LogP contribution in [0.1, 0.15) is 20.3 Å². The van der Waals surface area contributed by atoms with E-state index in [9.17, 15) is 0 Å². The quantitative estimate of drug-likeness (QED) is 0.903. The van der Waals surface area contributed by atoms with Crippen molar-refractivity contribution < 1.29 is 0 Å². The molecule has 108 valence electrons. The molecule has 1 heterocycles. The molecule has 0 radical (unpaired) electrons. The van der Waals surface area contributed by atoms with Gasteiger partial charge in [-0.15, -0.1) is 0 Å². The van der Waals surface area contributed by atoms with Crippen molar-refractivity contribution >= 4 is 32.5 Å². The van der Waals surface area contributed by atoms with E-state index in [2.05, 4.69) is 58.8 Å². The van der Waals surface area contributed by atoms with Crippen LogP contribution in [0.4, 0.5) is 5.82 Å². The first-order valence-electron chi connectivity index (χ1n) is 7.00. The summed E-state index contributed by atoms with van der Waals surface area (Å²) in [5.74, 6) is 1.53. The van der Waals surface area contributed by atoms with Crippen molar-refractivity contribution in [2.45, 2.75) is 26.3 Å². The Labute approximate surface area is 129 Å². The monoisotopic (exact) mass is 335 g/mol. The number of fused-ring (bicyclic) bond motifs is 1. The van der Waals surface area contributed by atoms with E-state index in [0.29, 0.717) is 5.92 Å². The van der Waals surface area contributed by atoms with E-state index in [-0.39, 0.29) is 6.04 Å². The molecule has 3 nitrogen and oxygen atoms in total. The summed E-state index contributed by atoms with van der Waals surface area (Å²) in [6.45, 7) is 5.24. The average molecular weight is 336 g/mol. The molecule has 1 aromatic heterocycles. The van der Waals surface area contributed by atoms with Gasteiger partial charge in [0.25, 0.3) is 0 Å². The molecule has 0 aliphatic heterocycles. The van der Waals surface area contributed by atoms with Crippen molar-refractivity contribution in [1.29, 1.82) is 0 Å². The molecular formula is C16H22BrN3. The number of halogens is 1. The maximum absolute atomic E-state index is 6.13. The topological polar surface area (TPSA) is 42.1 Å². The maximum atomic E-state index is 6.13. The maximum Gasteiger partial charge on any atom is 0.136 e. The molecule has 0 aliphatic rings. The lowest BCUT2D eigenvalue weighted by Gasteiger charge is -2.23. The Bertz CT molecular complexity index is 583. The third-order valence-corrected chi connectivity index (χ3v) is 4.44. The number of nitrogens with two attached hydrogens (primary N) is 1. The van der Waals surface area contributed by atoms with Gasteiger partial charge in [-0.1, -0.05) is 41.9 Å². The number of anilines is 1. The molecule has 2 rings (SSSR count). The van der Waals surface area contributed by atoms with E-state index in [0.717, 1.165) is 23.3 Å². The molecule has 2 aromatic rings. The average Bonchev–Trinajstić information content (AvgIpc) is 2.44. The second kappa shape index (κ2) is 6.55. The highest BCUT2D eigenvalue weighted by atomic mass is 79.9. The normalized spacial score (nSPS) is 12.9. The van der Waals surface area contributed by atoms with Gasteiger partial charge in [0.05, 0.1) is 0 Å². The molecular weight excluding hydrogens is 314 g/mol. The molecule has 0 bridgehead atoms. The summed E-state index contributed by atoms with van der Waals surface area (Å²) in [5.41, 5.74) is 6.13. The van der Waals surface area contributed by atoms with Gasteiger partial charge in [-0.25, -0.2) is 4.98 Å². The fraction of sp³-hybridized carbons (Fsp3) is 0.438. The van der Waals surface area contributed by atoms with Crippen LogP contribution in [0.25, 0.3) is 10.8 Å². The second-order valence-electron chi connectivity index (χ2n) is 5.59. The van der Waals surface area contributed by atoms with Crippen molar-refractivity contribution in [3.05, 3.63) is 34.9 Å². The predicted octanol–water partition coefficient (Wildman–Crippen LogP) is 3.81. The SMILES string of the molecule is CC(C)C(N)CCN(C)c1nccc2c(Br)cccc12. The van der Waals surface area contributed by atoms with Gasteiger partial charge in [0, 0.05) is 41.1 Å². The Morgan fingerprint density at radius 1 is 1.25 bits per heavy atom. The lowest BCUT2D eigenvalue weighted by atomic mass is 10.0. The molecule has 1 atom stereocenters. The summed E-state index contributed by atoms with van der Waals surface area (Å²) in [7, 11) is 2.08. The third-order valence-electron chi connectivity index (χ3n) is 3.75. The Kier molecular flexibility index (Phi) is 5.00. The van der Waals surface area contributed by atoms with Crippen LogP contribution >= 0.6 is 15.9 Å². The first kappa shape index (κ1) is 15.3. The van der Waals surface area contributed by atoms with Crippen LogP contribution < -0.4 is 10.6 Å². The van der Waals surface area contributed by atoms with Gasteiger partial charge in [-0.3, -0.25) is 0 Å². The first-order valence-corrected chi connectivity index (χ1v) is 7.80. The van der Waals surface area contributed by atoms with Crippen molar-refractivity contribution in [3.63, 3.8) is 0 Å². The summed E-state index contributed by atoms with van der Waals surface area (Å²) in [6.07, 6.45) is 2.83. The van der Waals surface area contributed by atoms with Crippen molar-refractivity contribution in [2.75, 3.05) is 18.5 Å². The summed E-state index contributed by atoms with van der Waals surface area (Å²) < 4.78 is 1.10. The number of hydrogen-bond acceptors (Lipinski definition) is 3. The van der Waals surface area contributed by atoms with Gasteiger partial charge in [0.15, 0.2) is 0 Å². The molecule has 0 saturated carbocycles. The molecule has 2 N–H and O–H groups in total. The zero-order chi connectivity index (χ0) is 14.7. The molecule has 0 saturated heterocycles. The van der Waals surface area contributed by atoms with E-state index in [4.69, 9.17) is 5.73 Å². The third kappa shape index (κ3) is 3.30. The van der Waals surface area contributed by atoms with Crippen LogP contribution in [0, 0.1) is 5.92 Å². The number of nitrogens with zero attached hydrogens (tertiary/aromatic N) is 2. The van der Waals surface area contributed by atoms with Gasteiger partial charge < -0.3 is 10.6 Å². The minimum absolute atomic E-state index is 0.235. The van der Waals surface area contributed by atoms with Crippen LogP contribution in [0.15, 0.2) is 34.9 Å². The Hall–Kier alpha value is -1.13. The summed E-state index contributed by atoms with van der Waals surface area (Å²) in [6, 6.07) is 8.49. The van der Waals surface area contributed by atoms with Gasteiger partial charge >= 0.3 is 0 Å². The van der Waals surface area contributed by atoms with E-state index in [1.54, 1.807) is 0 Å². The van der Waals surface area contributed by atoms with E-state index in [1.807, 2.05) is 18.3 Å². The number of aromatic nitrogens is 1. The van der Waals surface area contributed by atoms with Crippen LogP contribution in [0.5, 0.6) is 0 Å². The fourth-order valence-corrected chi connectivity index (χ4v) is 2.74. The van der Waals surface area contributed by atoms with E-state index < -0.39 is 0 Å². The molecule has 4 heteroatoms. The van der Waals surface area contributed by atoms with Gasteiger partial charge in [-0.2, -0.15) is 0 Å². The Balaban J connectivity index is 2.22. The number of benzene rings is 1. The lowest BCUT2D eigenvalue weighted by Crippen LogP contribution is -2.32. The zero-order valence-electron chi connectivity index (χ0n) is 12.3. The van der Waals surface area contributed by atoms with Crippen molar-refractivity contribution in [2.24, 2.45) is 11.7 Å². The highest BCUT2D eigenvalue weighted by Gasteiger charge is 2.12. The molecule has 1 unspecified atom stereocenters.